The molecule has 5 fully saturated rings. The molecule has 220 valence electrons. The van der Waals surface area contributed by atoms with E-state index in [4.69, 9.17) is 0 Å². The summed E-state index contributed by atoms with van der Waals surface area (Å²) in [5, 5.41) is 0. The van der Waals surface area contributed by atoms with E-state index in [9.17, 15) is 26.3 Å². The van der Waals surface area contributed by atoms with Gasteiger partial charge >= 0.3 is 12.4 Å². The lowest BCUT2D eigenvalue weighted by Gasteiger charge is -2.37. The van der Waals surface area contributed by atoms with Gasteiger partial charge in [-0.15, -0.1) is 0 Å². The number of fused-ring (bicyclic) bond motifs is 7. The molecule has 5 aliphatic carbocycles. The van der Waals surface area contributed by atoms with Crippen LogP contribution in [0.3, 0.4) is 0 Å². The van der Waals surface area contributed by atoms with Gasteiger partial charge in [-0.2, -0.15) is 26.3 Å². The normalized spacial score (nSPS) is 35.0. The summed E-state index contributed by atoms with van der Waals surface area (Å²) in [6.07, 6.45) is 3.43. The molecule has 6 unspecified atom stereocenters. The molecular weight excluding hydrogens is 486 g/mol. The van der Waals surface area contributed by atoms with Crippen molar-refractivity contribution >= 4 is 0 Å². The molecule has 0 N–H and O–H groups in total. The first kappa shape index (κ1) is 32.8. The summed E-state index contributed by atoms with van der Waals surface area (Å²) in [4.78, 5) is 0. The Morgan fingerprint density at radius 3 is 1.41 bits per heavy atom. The van der Waals surface area contributed by atoms with E-state index in [0.717, 1.165) is 29.6 Å². The molecule has 5 saturated carbocycles. The van der Waals surface area contributed by atoms with Gasteiger partial charge in [0.25, 0.3) is 0 Å². The second-order valence-corrected chi connectivity index (χ2v) is 16.2. The second-order valence-electron chi connectivity index (χ2n) is 16.2. The molecule has 6 heteroatoms. The lowest BCUT2D eigenvalue weighted by molar-refractivity contribution is -0.327. The predicted molar refractivity (Wildman–Crippen MR) is 141 cm³/mol. The molecule has 4 bridgehead atoms. The molecule has 0 saturated heterocycles. The molecule has 0 aromatic heterocycles. The largest absolute Gasteiger partial charge is 0.402 e. The van der Waals surface area contributed by atoms with Crippen LogP contribution in [0.5, 0.6) is 0 Å². The molecule has 0 aromatic rings. The van der Waals surface area contributed by atoms with Crippen LogP contribution in [0.15, 0.2) is 0 Å². The van der Waals surface area contributed by atoms with Crippen LogP contribution in [0.1, 0.15) is 127 Å². The summed E-state index contributed by atoms with van der Waals surface area (Å²) < 4.78 is 69.7. The van der Waals surface area contributed by atoms with Crippen molar-refractivity contribution in [1.29, 1.82) is 0 Å². The van der Waals surface area contributed by atoms with Gasteiger partial charge in [0.2, 0.25) is 0 Å². The van der Waals surface area contributed by atoms with Gasteiger partial charge in [0.1, 0.15) is 0 Å². The Morgan fingerprint density at radius 2 is 1.08 bits per heavy atom. The number of halogens is 6. The van der Waals surface area contributed by atoms with Crippen LogP contribution in [0.4, 0.5) is 26.3 Å². The maximum atomic E-state index is 11.6. The van der Waals surface area contributed by atoms with Gasteiger partial charge in [-0.3, -0.25) is 0 Å². The molecule has 37 heavy (non-hydrogen) atoms. The summed E-state index contributed by atoms with van der Waals surface area (Å²) in [6.45, 7) is 18.9. The highest BCUT2D eigenvalue weighted by Crippen LogP contribution is 2.65. The van der Waals surface area contributed by atoms with Crippen molar-refractivity contribution in [1.82, 2.24) is 0 Å². The first-order valence-corrected chi connectivity index (χ1v) is 14.5. The van der Waals surface area contributed by atoms with Crippen molar-refractivity contribution in [2.24, 2.45) is 57.2 Å². The SMILES string of the molecule is CC(C)(C(F)(F)F)C(F)(F)F.CC(C)(C)C.CC1(C)CC2CC1C1CCCC21.CC1(C)CC2CCC1C2. The Hall–Kier alpha value is -0.420. The van der Waals surface area contributed by atoms with Gasteiger partial charge in [0, 0.05) is 0 Å². The van der Waals surface area contributed by atoms with Crippen LogP contribution in [0.2, 0.25) is 0 Å². The van der Waals surface area contributed by atoms with Crippen LogP contribution in [-0.4, -0.2) is 12.4 Å². The zero-order chi connectivity index (χ0) is 28.8. The molecular formula is C31H54F6. The molecule has 5 rings (SSSR count). The first-order valence-electron chi connectivity index (χ1n) is 14.5. The lowest BCUT2D eigenvalue weighted by Crippen LogP contribution is -2.44. The first-order chi connectivity index (χ1) is 16.4. The van der Waals surface area contributed by atoms with Crippen molar-refractivity contribution in [2.75, 3.05) is 0 Å². The van der Waals surface area contributed by atoms with E-state index >= 15 is 0 Å². The standard InChI is InChI=1S/C12H20.C9H16.C5H6F6.C5H12/c1-12(2)7-8-6-11(12)10-5-3-4-9(8)10;1-9(2)6-7-3-4-8(9)5-7;1-3(2,4(6,7)8)5(9,10)11;1-5(2,3)4/h8-11H,3-7H2,1-2H3;7-8H,3-6H2,1-2H3;1-2H3;1-4H3. The topological polar surface area (TPSA) is 0 Å². The fraction of sp³-hybridized carbons (Fsp3) is 1.00. The van der Waals surface area contributed by atoms with Crippen molar-refractivity contribution in [2.45, 2.75) is 139 Å². The van der Waals surface area contributed by atoms with E-state index in [-0.39, 0.29) is 13.8 Å². The van der Waals surface area contributed by atoms with E-state index < -0.39 is 17.8 Å². The number of alkyl halides is 6. The summed E-state index contributed by atoms with van der Waals surface area (Å²) in [7, 11) is 0. The van der Waals surface area contributed by atoms with Crippen LogP contribution in [0, 0.1) is 57.2 Å². The molecule has 0 aromatic carbocycles. The molecule has 0 aliphatic heterocycles. The molecule has 0 nitrogen and oxygen atoms in total. The summed E-state index contributed by atoms with van der Waals surface area (Å²) >= 11 is 0. The summed E-state index contributed by atoms with van der Waals surface area (Å²) in [6, 6.07) is 0. The third-order valence-electron chi connectivity index (χ3n) is 9.97. The highest BCUT2D eigenvalue weighted by molar-refractivity contribution is 5.06. The van der Waals surface area contributed by atoms with E-state index in [0.29, 0.717) is 16.2 Å². The number of rotatable bonds is 0. The fourth-order valence-corrected chi connectivity index (χ4v) is 7.78. The smallest absolute Gasteiger partial charge is 0.170 e. The minimum atomic E-state index is -5.24. The number of hydrogen-bond donors (Lipinski definition) is 0. The average molecular weight is 541 g/mol. The van der Waals surface area contributed by atoms with E-state index in [2.05, 4.69) is 55.4 Å². The maximum absolute atomic E-state index is 11.6. The van der Waals surface area contributed by atoms with Crippen LogP contribution >= 0.6 is 0 Å². The Morgan fingerprint density at radius 1 is 0.595 bits per heavy atom. The molecule has 5 aliphatic rings. The Kier molecular flexibility index (Phi) is 9.63. The Labute approximate surface area is 223 Å². The molecule has 0 amide bonds. The van der Waals surface area contributed by atoms with Gasteiger partial charge in [0.05, 0.1) is 0 Å². The van der Waals surface area contributed by atoms with Gasteiger partial charge in [-0.25, -0.2) is 0 Å². The van der Waals surface area contributed by atoms with E-state index in [1.807, 2.05) is 0 Å². The molecule has 0 heterocycles. The van der Waals surface area contributed by atoms with Crippen LogP contribution in [0.25, 0.3) is 0 Å². The quantitative estimate of drug-likeness (QED) is 0.268. The maximum Gasteiger partial charge on any atom is 0.402 e. The lowest BCUT2D eigenvalue weighted by atomic mass is 9.68. The van der Waals surface area contributed by atoms with E-state index in [1.165, 1.54) is 25.2 Å². The second kappa shape index (κ2) is 10.9. The highest BCUT2D eigenvalue weighted by Gasteiger charge is 2.64. The fourth-order valence-electron chi connectivity index (χ4n) is 7.78. The Balaban J connectivity index is 0.000000181. The zero-order valence-corrected chi connectivity index (χ0v) is 25.1. The van der Waals surface area contributed by atoms with Gasteiger partial charge in [-0.1, -0.05) is 68.2 Å². The van der Waals surface area contributed by atoms with Crippen molar-refractivity contribution in [3.63, 3.8) is 0 Å². The van der Waals surface area contributed by atoms with Gasteiger partial charge in [-0.05, 0) is 111 Å². The average Bonchev–Trinajstić information content (AvgIpc) is 3.42. The summed E-state index contributed by atoms with van der Waals surface area (Å²) in [5.74, 6) is 6.77. The predicted octanol–water partition coefficient (Wildman–Crippen LogP) is 11.5. The molecule has 6 atom stereocenters. The van der Waals surface area contributed by atoms with Crippen LogP contribution in [-0.2, 0) is 0 Å². The zero-order valence-electron chi connectivity index (χ0n) is 25.1. The third-order valence-corrected chi connectivity index (χ3v) is 9.97. The molecule has 0 radical (unpaired) electrons. The van der Waals surface area contributed by atoms with Crippen LogP contribution < -0.4 is 0 Å². The highest BCUT2D eigenvalue weighted by atomic mass is 19.4. The van der Waals surface area contributed by atoms with Crippen molar-refractivity contribution < 1.29 is 26.3 Å². The molecule has 0 spiro atoms. The minimum Gasteiger partial charge on any atom is -0.170 e. The third kappa shape index (κ3) is 8.05. The number of hydrogen-bond acceptors (Lipinski definition) is 0. The van der Waals surface area contributed by atoms with Gasteiger partial charge in [0.15, 0.2) is 5.41 Å². The Bertz CT molecular complexity index is 714. The monoisotopic (exact) mass is 540 g/mol. The van der Waals surface area contributed by atoms with Crippen molar-refractivity contribution in [3.05, 3.63) is 0 Å². The van der Waals surface area contributed by atoms with E-state index in [1.54, 1.807) is 38.5 Å². The minimum absolute atomic E-state index is 0.104. The van der Waals surface area contributed by atoms with Crippen molar-refractivity contribution in [3.8, 4) is 0 Å². The van der Waals surface area contributed by atoms with Gasteiger partial charge < -0.3 is 0 Å². The summed E-state index contributed by atoms with van der Waals surface area (Å²) in [5.41, 5.74) is -1.71.